The van der Waals surface area contributed by atoms with E-state index in [2.05, 4.69) is 0 Å². The second kappa shape index (κ2) is 7.59. The van der Waals surface area contributed by atoms with Gasteiger partial charge in [-0.3, -0.25) is 9.59 Å². The largest absolute Gasteiger partial charge is 0.481 e. The molecule has 1 atom stereocenters. The van der Waals surface area contributed by atoms with E-state index in [1.165, 1.54) is 34.5 Å². The van der Waals surface area contributed by atoms with Crippen molar-refractivity contribution in [2.75, 3.05) is 20.1 Å². The summed E-state index contributed by atoms with van der Waals surface area (Å²) >= 11 is 0. The van der Waals surface area contributed by atoms with Gasteiger partial charge in [0, 0.05) is 31.7 Å². The zero-order valence-electron chi connectivity index (χ0n) is 16.5. The summed E-state index contributed by atoms with van der Waals surface area (Å²) in [6.45, 7) is 7.70. The number of carboxylic acid groups (broad SMARTS) is 1. The molecule has 1 amide bonds. The maximum absolute atomic E-state index is 12.9. The van der Waals surface area contributed by atoms with Crippen LogP contribution in [0.1, 0.15) is 44.5 Å². The Hall–Kier alpha value is -1.93. The number of carbonyl (C=O) groups excluding carboxylic acids is 1. The van der Waals surface area contributed by atoms with Crippen LogP contribution in [0.15, 0.2) is 29.2 Å². The van der Waals surface area contributed by atoms with Gasteiger partial charge in [-0.1, -0.05) is 19.9 Å². The molecule has 0 aliphatic carbocycles. The molecule has 150 valence electrons. The third-order valence-corrected chi connectivity index (χ3v) is 7.63. The molecule has 1 aromatic rings. The van der Waals surface area contributed by atoms with E-state index in [9.17, 15) is 23.1 Å². The predicted molar refractivity (Wildman–Crippen MR) is 102 cm³/mol. The number of hydrogen-bond acceptors (Lipinski definition) is 4. The lowest BCUT2D eigenvalue weighted by Crippen LogP contribution is -2.40. The molecular weight excluding hydrogens is 368 g/mol. The highest BCUT2D eigenvalue weighted by Crippen LogP contribution is 2.38. The van der Waals surface area contributed by atoms with E-state index in [-0.39, 0.29) is 34.9 Å². The van der Waals surface area contributed by atoms with Crippen molar-refractivity contribution >= 4 is 21.9 Å². The minimum Gasteiger partial charge on any atom is -0.481 e. The molecule has 0 radical (unpaired) electrons. The second-order valence-electron chi connectivity index (χ2n) is 7.74. The molecule has 1 aliphatic heterocycles. The smallest absolute Gasteiger partial charge is 0.311 e. The van der Waals surface area contributed by atoms with Gasteiger partial charge in [-0.05, 0) is 44.4 Å². The van der Waals surface area contributed by atoms with Gasteiger partial charge in [-0.15, -0.1) is 0 Å². The van der Waals surface area contributed by atoms with Crippen LogP contribution in [0, 0.1) is 11.3 Å². The molecule has 0 saturated carbocycles. The Labute approximate surface area is 161 Å². The molecule has 0 aromatic heterocycles. The van der Waals surface area contributed by atoms with Crippen LogP contribution in [0.3, 0.4) is 0 Å². The molecule has 1 fully saturated rings. The lowest BCUT2D eigenvalue weighted by molar-refractivity contribution is -0.150. The Morgan fingerprint density at radius 1 is 1.22 bits per heavy atom. The number of carboxylic acids is 1. The number of sulfonamides is 1. The van der Waals surface area contributed by atoms with Crippen molar-refractivity contribution in [3.8, 4) is 0 Å². The number of nitrogens with zero attached hydrogens (tertiary/aromatic N) is 2. The molecule has 1 heterocycles. The third-order valence-electron chi connectivity index (χ3n) is 5.60. The van der Waals surface area contributed by atoms with Gasteiger partial charge >= 0.3 is 5.97 Å². The molecule has 7 nitrogen and oxygen atoms in total. The highest BCUT2D eigenvalue weighted by molar-refractivity contribution is 7.89. The van der Waals surface area contributed by atoms with Gasteiger partial charge in [-0.2, -0.15) is 4.31 Å². The molecule has 2 rings (SSSR count). The molecule has 1 N–H and O–H groups in total. The fourth-order valence-electron chi connectivity index (χ4n) is 3.32. The van der Waals surface area contributed by atoms with E-state index in [1.54, 1.807) is 19.9 Å². The summed E-state index contributed by atoms with van der Waals surface area (Å²) in [5.41, 5.74) is -0.713. The zero-order valence-corrected chi connectivity index (χ0v) is 17.3. The Morgan fingerprint density at radius 3 is 2.33 bits per heavy atom. The average Bonchev–Trinajstić information content (AvgIpc) is 3.07. The van der Waals surface area contributed by atoms with E-state index in [4.69, 9.17) is 0 Å². The zero-order chi connectivity index (χ0) is 20.6. The molecule has 1 aliphatic rings. The topological polar surface area (TPSA) is 95.0 Å². The first kappa shape index (κ1) is 21.4. The van der Waals surface area contributed by atoms with Gasteiger partial charge < -0.3 is 10.0 Å². The van der Waals surface area contributed by atoms with Gasteiger partial charge in [0.1, 0.15) is 0 Å². The van der Waals surface area contributed by atoms with Gasteiger partial charge in [0.15, 0.2) is 0 Å². The Balaban J connectivity index is 2.31. The summed E-state index contributed by atoms with van der Waals surface area (Å²) in [6.07, 6.45) is 0.389. The first-order valence-corrected chi connectivity index (χ1v) is 10.5. The normalized spacial score (nSPS) is 20.7. The van der Waals surface area contributed by atoms with Crippen LogP contribution < -0.4 is 0 Å². The Morgan fingerprint density at radius 2 is 1.85 bits per heavy atom. The van der Waals surface area contributed by atoms with Crippen molar-refractivity contribution in [3.63, 3.8) is 0 Å². The molecule has 1 saturated heterocycles. The van der Waals surface area contributed by atoms with E-state index >= 15 is 0 Å². The van der Waals surface area contributed by atoms with Gasteiger partial charge in [0.25, 0.3) is 5.91 Å². The van der Waals surface area contributed by atoms with Gasteiger partial charge in [-0.25, -0.2) is 8.42 Å². The van der Waals surface area contributed by atoms with Crippen molar-refractivity contribution in [1.29, 1.82) is 0 Å². The summed E-state index contributed by atoms with van der Waals surface area (Å²) in [5.74, 6) is -1.36. The number of hydrogen-bond donors (Lipinski definition) is 1. The number of carbonyl (C=O) groups is 2. The average molecular weight is 397 g/mol. The molecule has 27 heavy (non-hydrogen) atoms. The first-order chi connectivity index (χ1) is 12.4. The summed E-state index contributed by atoms with van der Waals surface area (Å²) in [4.78, 5) is 26.2. The number of benzene rings is 1. The predicted octanol–water partition coefficient (Wildman–Crippen LogP) is 2.29. The van der Waals surface area contributed by atoms with E-state index in [0.29, 0.717) is 13.0 Å². The van der Waals surface area contributed by atoms with Crippen LogP contribution in [-0.2, 0) is 14.8 Å². The monoisotopic (exact) mass is 396 g/mol. The quantitative estimate of drug-likeness (QED) is 0.796. The van der Waals surface area contributed by atoms with Crippen molar-refractivity contribution < 1.29 is 23.1 Å². The van der Waals surface area contributed by atoms with Crippen LogP contribution in [0.25, 0.3) is 0 Å². The van der Waals surface area contributed by atoms with E-state index in [0.717, 1.165) is 0 Å². The first-order valence-electron chi connectivity index (χ1n) is 9.04. The van der Waals surface area contributed by atoms with Crippen LogP contribution in [0.5, 0.6) is 0 Å². The number of rotatable bonds is 6. The Bertz CT molecular complexity index is 834. The fourth-order valence-corrected chi connectivity index (χ4v) is 4.73. The van der Waals surface area contributed by atoms with Gasteiger partial charge in [0.2, 0.25) is 10.0 Å². The third kappa shape index (κ3) is 3.87. The second-order valence-corrected chi connectivity index (χ2v) is 9.73. The number of amides is 1. The minimum atomic E-state index is -3.70. The lowest BCUT2D eigenvalue weighted by atomic mass is 9.76. The van der Waals surface area contributed by atoms with E-state index in [1.807, 2.05) is 13.8 Å². The van der Waals surface area contributed by atoms with Crippen molar-refractivity contribution in [1.82, 2.24) is 9.21 Å². The molecule has 0 spiro atoms. The highest BCUT2D eigenvalue weighted by atomic mass is 32.2. The van der Waals surface area contributed by atoms with Crippen LogP contribution >= 0.6 is 0 Å². The number of aliphatic carboxylic acids is 1. The van der Waals surface area contributed by atoms with E-state index < -0.39 is 21.4 Å². The standard InChI is InChI=1S/C19H28N2O5S/c1-13(2)19(18(23)24)9-10-21(12-19)17(22)15-7-6-8-16(11-15)27(25,26)20(5)14(3)4/h6-8,11,13-14H,9-10,12H2,1-5H3,(H,23,24). The lowest BCUT2D eigenvalue weighted by Gasteiger charge is -2.28. The molecule has 8 heteroatoms. The molecule has 1 aromatic carbocycles. The van der Waals surface area contributed by atoms with Crippen molar-refractivity contribution in [2.45, 2.75) is 45.1 Å². The van der Waals surface area contributed by atoms with Crippen LogP contribution in [0.2, 0.25) is 0 Å². The number of likely N-dealkylation sites (tertiary alicyclic amines) is 1. The maximum Gasteiger partial charge on any atom is 0.311 e. The van der Waals surface area contributed by atoms with Gasteiger partial charge in [0.05, 0.1) is 10.3 Å². The Kier molecular flexibility index (Phi) is 6.01. The van der Waals surface area contributed by atoms with Crippen LogP contribution in [-0.4, -0.2) is 60.8 Å². The fraction of sp³-hybridized carbons (Fsp3) is 0.579. The maximum atomic E-state index is 12.9. The molecular formula is C19H28N2O5S. The minimum absolute atomic E-state index is 0.0529. The summed E-state index contributed by atoms with van der Waals surface area (Å²) in [7, 11) is -2.20. The molecule has 0 bridgehead atoms. The summed E-state index contributed by atoms with van der Waals surface area (Å²) < 4.78 is 26.6. The highest BCUT2D eigenvalue weighted by Gasteiger charge is 2.48. The summed E-state index contributed by atoms with van der Waals surface area (Å²) in [5, 5.41) is 9.65. The summed E-state index contributed by atoms with van der Waals surface area (Å²) in [6, 6.07) is 5.72. The molecule has 1 unspecified atom stereocenters. The van der Waals surface area contributed by atoms with Crippen molar-refractivity contribution in [3.05, 3.63) is 29.8 Å². The van der Waals surface area contributed by atoms with Crippen LogP contribution in [0.4, 0.5) is 0 Å². The van der Waals surface area contributed by atoms with Crippen molar-refractivity contribution in [2.24, 2.45) is 11.3 Å². The SMILES string of the molecule is CC(C)N(C)S(=O)(=O)c1cccc(C(=O)N2CCC(C(=O)O)(C(C)C)C2)c1.